The van der Waals surface area contributed by atoms with E-state index in [0.29, 0.717) is 0 Å². The molecule has 0 radical (unpaired) electrons. The number of hydrogen-bond donors (Lipinski definition) is 0. The summed E-state index contributed by atoms with van der Waals surface area (Å²) >= 11 is 6.89. The van der Waals surface area contributed by atoms with Gasteiger partial charge in [0.2, 0.25) is 0 Å². The molecule has 0 aliphatic rings. The Labute approximate surface area is 83.2 Å². The van der Waals surface area contributed by atoms with Gasteiger partial charge in [0.15, 0.2) is 0 Å². The number of aromatic nitrogens is 2. The number of halogens is 2. The molecule has 0 aliphatic heterocycles. The second-order valence-electron chi connectivity index (χ2n) is 2.32. The first-order valence-electron chi connectivity index (χ1n) is 3.46. The van der Waals surface area contributed by atoms with Gasteiger partial charge in [0, 0.05) is 12.4 Å². The van der Waals surface area contributed by atoms with Gasteiger partial charge < -0.3 is 0 Å². The van der Waals surface area contributed by atoms with Crippen LogP contribution >= 0.6 is 31.9 Å². The van der Waals surface area contributed by atoms with Crippen molar-refractivity contribution in [3.05, 3.63) is 15.9 Å². The molecule has 0 atom stereocenters. The van der Waals surface area contributed by atoms with E-state index in [2.05, 4.69) is 43.9 Å². The maximum atomic E-state index is 4.32. The van der Waals surface area contributed by atoms with E-state index in [-0.39, 0.29) is 0 Å². The first-order valence-corrected chi connectivity index (χ1v) is 5.38. The van der Waals surface area contributed by atoms with E-state index in [1.807, 2.05) is 11.7 Å². The molecule has 0 aliphatic carbocycles. The molecule has 11 heavy (non-hydrogen) atoms. The molecule has 1 aromatic heterocycles. The fourth-order valence-corrected chi connectivity index (χ4v) is 2.59. The Balaban J connectivity index is 3.14. The number of rotatable bonds is 2. The number of nitrogens with zero attached hydrogens (tertiary/aromatic N) is 2. The average molecular weight is 282 g/mol. The molecule has 0 spiro atoms. The zero-order valence-electron chi connectivity index (χ0n) is 6.56. The summed E-state index contributed by atoms with van der Waals surface area (Å²) in [4.78, 5) is 0. The molecule has 0 saturated heterocycles. The summed E-state index contributed by atoms with van der Waals surface area (Å²) in [6.07, 6.45) is 1.01. The van der Waals surface area contributed by atoms with Crippen molar-refractivity contribution in [2.24, 2.45) is 7.05 Å². The van der Waals surface area contributed by atoms with Crippen LogP contribution in [0.1, 0.15) is 18.3 Å². The van der Waals surface area contributed by atoms with Gasteiger partial charge in [0.05, 0.1) is 15.9 Å². The predicted octanol–water partition coefficient (Wildman–Crippen LogP) is 2.64. The third-order valence-corrected chi connectivity index (χ3v) is 3.08. The fraction of sp³-hybridized carbons (Fsp3) is 0.571. The van der Waals surface area contributed by atoms with Crippen LogP contribution in [0.2, 0.25) is 0 Å². The fourth-order valence-electron chi connectivity index (χ4n) is 1.06. The lowest BCUT2D eigenvalue weighted by Crippen LogP contribution is -1.96. The maximum absolute atomic E-state index is 4.32. The minimum atomic E-state index is 0.807. The molecule has 62 valence electrons. The van der Waals surface area contributed by atoms with E-state index in [1.54, 1.807) is 0 Å². The van der Waals surface area contributed by atoms with Gasteiger partial charge in [-0.25, -0.2) is 0 Å². The van der Waals surface area contributed by atoms with Crippen molar-refractivity contribution in [3.63, 3.8) is 0 Å². The summed E-state index contributed by atoms with van der Waals surface area (Å²) in [7, 11) is 1.97. The highest BCUT2D eigenvalue weighted by atomic mass is 79.9. The van der Waals surface area contributed by atoms with Gasteiger partial charge in [-0.3, -0.25) is 4.68 Å². The topological polar surface area (TPSA) is 17.8 Å². The van der Waals surface area contributed by atoms with Crippen molar-refractivity contribution in [3.8, 4) is 0 Å². The largest absolute Gasteiger partial charge is 0.271 e. The Bertz CT molecular complexity index is 255. The molecule has 0 aromatic carbocycles. The van der Waals surface area contributed by atoms with E-state index in [0.717, 1.165) is 21.9 Å². The lowest BCUT2D eigenvalue weighted by Gasteiger charge is -1.95. The quantitative estimate of drug-likeness (QED) is 0.762. The summed E-state index contributed by atoms with van der Waals surface area (Å²) in [5.74, 6) is 0. The van der Waals surface area contributed by atoms with Crippen LogP contribution in [0.4, 0.5) is 0 Å². The second-order valence-corrected chi connectivity index (χ2v) is 3.67. The van der Waals surface area contributed by atoms with Crippen molar-refractivity contribution in [2.75, 3.05) is 0 Å². The molecule has 1 rings (SSSR count). The summed E-state index contributed by atoms with van der Waals surface area (Å²) in [6.45, 7) is 2.12. The molecular weight excluding hydrogens is 272 g/mol. The third kappa shape index (κ3) is 1.67. The van der Waals surface area contributed by atoms with Crippen LogP contribution in [0, 0.1) is 0 Å². The monoisotopic (exact) mass is 280 g/mol. The number of alkyl halides is 1. The molecule has 0 fully saturated rings. The van der Waals surface area contributed by atoms with Crippen molar-refractivity contribution in [1.82, 2.24) is 9.78 Å². The molecule has 1 aromatic rings. The standard InChI is InChI=1S/C7H10Br2N2/c1-3-6-7(9)5(4-8)10-11(6)2/h3-4H2,1-2H3. The van der Waals surface area contributed by atoms with E-state index in [1.165, 1.54) is 5.69 Å². The zero-order valence-corrected chi connectivity index (χ0v) is 9.74. The molecule has 0 saturated carbocycles. The summed E-state index contributed by atoms with van der Waals surface area (Å²) in [5, 5.41) is 5.13. The van der Waals surface area contributed by atoms with Crippen LogP contribution < -0.4 is 0 Å². The van der Waals surface area contributed by atoms with Crippen molar-refractivity contribution in [2.45, 2.75) is 18.7 Å². The molecule has 0 N–H and O–H groups in total. The Morgan fingerprint density at radius 3 is 2.45 bits per heavy atom. The highest BCUT2D eigenvalue weighted by Gasteiger charge is 2.09. The van der Waals surface area contributed by atoms with Crippen molar-refractivity contribution >= 4 is 31.9 Å². The molecular formula is C7H10Br2N2. The van der Waals surface area contributed by atoms with Crippen LogP contribution in [0.15, 0.2) is 4.47 Å². The summed E-state index contributed by atoms with van der Waals surface area (Å²) in [6, 6.07) is 0. The zero-order chi connectivity index (χ0) is 8.43. The SMILES string of the molecule is CCc1c(Br)c(CBr)nn1C. The van der Waals surface area contributed by atoms with Gasteiger partial charge in [0.25, 0.3) is 0 Å². The Hall–Kier alpha value is 0.170. The first kappa shape index (κ1) is 9.26. The molecule has 0 amide bonds. The molecule has 0 bridgehead atoms. The van der Waals surface area contributed by atoms with Gasteiger partial charge in [-0.05, 0) is 22.4 Å². The summed E-state index contributed by atoms with van der Waals surface area (Å²) in [5.41, 5.74) is 2.32. The lowest BCUT2D eigenvalue weighted by molar-refractivity contribution is 0.709. The number of aryl methyl sites for hydroxylation is 1. The van der Waals surface area contributed by atoms with E-state index in [4.69, 9.17) is 0 Å². The van der Waals surface area contributed by atoms with E-state index >= 15 is 0 Å². The molecule has 1 heterocycles. The molecule has 4 heteroatoms. The Morgan fingerprint density at radius 1 is 1.55 bits per heavy atom. The van der Waals surface area contributed by atoms with Gasteiger partial charge in [0.1, 0.15) is 0 Å². The van der Waals surface area contributed by atoms with Gasteiger partial charge in [-0.15, -0.1) is 0 Å². The second kappa shape index (κ2) is 3.72. The van der Waals surface area contributed by atoms with E-state index < -0.39 is 0 Å². The lowest BCUT2D eigenvalue weighted by atomic mass is 10.3. The van der Waals surface area contributed by atoms with Crippen LogP contribution in [-0.2, 0) is 18.8 Å². The first-order chi connectivity index (χ1) is 5.20. The van der Waals surface area contributed by atoms with Crippen LogP contribution in [0.25, 0.3) is 0 Å². The third-order valence-electron chi connectivity index (χ3n) is 1.63. The molecule has 2 nitrogen and oxygen atoms in total. The predicted molar refractivity (Wildman–Crippen MR) is 52.9 cm³/mol. The van der Waals surface area contributed by atoms with Crippen molar-refractivity contribution < 1.29 is 0 Å². The van der Waals surface area contributed by atoms with Crippen molar-refractivity contribution in [1.29, 1.82) is 0 Å². The highest BCUT2D eigenvalue weighted by Crippen LogP contribution is 2.22. The molecule has 0 unspecified atom stereocenters. The minimum absolute atomic E-state index is 0.807. The van der Waals surface area contributed by atoms with Gasteiger partial charge >= 0.3 is 0 Å². The average Bonchev–Trinajstić information content (AvgIpc) is 2.26. The smallest absolute Gasteiger partial charge is 0.0874 e. The number of hydrogen-bond acceptors (Lipinski definition) is 1. The summed E-state index contributed by atoms with van der Waals surface area (Å²) < 4.78 is 3.06. The normalized spacial score (nSPS) is 10.5. The van der Waals surface area contributed by atoms with E-state index in [9.17, 15) is 0 Å². The van der Waals surface area contributed by atoms with Crippen LogP contribution in [0.5, 0.6) is 0 Å². The highest BCUT2D eigenvalue weighted by molar-refractivity contribution is 9.10. The minimum Gasteiger partial charge on any atom is -0.271 e. The van der Waals surface area contributed by atoms with Gasteiger partial charge in [-0.2, -0.15) is 5.10 Å². The maximum Gasteiger partial charge on any atom is 0.0874 e. The van der Waals surface area contributed by atoms with Crippen LogP contribution in [0.3, 0.4) is 0 Å². The van der Waals surface area contributed by atoms with Gasteiger partial charge in [-0.1, -0.05) is 22.9 Å². The Morgan fingerprint density at radius 2 is 2.18 bits per heavy atom. The van der Waals surface area contributed by atoms with Crippen LogP contribution in [-0.4, -0.2) is 9.78 Å². The Kier molecular flexibility index (Phi) is 3.13.